The molecule has 0 spiro atoms. The van der Waals surface area contributed by atoms with Crippen LogP contribution in [0.15, 0.2) is 53.7 Å². The minimum atomic E-state index is -3.23. The molecule has 3 heterocycles. The summed E-state index contributed by atoms with van der Waals surface area (Å²) < 4.78 is 30.3. The smallest absolute Gasteiger partial charge is 0.255 e. The first-order valence-electron chi connectivity index (χ1n) is 12.0. The normalized spacial score (nSPS) is 18.2. The maximum absolute atomic E-state index is 12.7. The van der Waals surface area contributed by atoms with E-state index in [0.29, 0.717) is 43.3 Å². The van der Waals surface area contributed by atoms with E-state index in [1.54, 1.807) is 30.5 Å². The van der Waals surface area contributed by atoms with Gasteiger partial charge in [0.15, 0.2) is 9.84 Å². The van der Waals surface area contributed by atoms with Crippen LogP contribution < -0.4 is 0 Å². The number of ether oxygens (including phenoxy) is 1. The second kappa shape index (κ2) is 11.9. The molecule has 1 aromatic heterocycles. The number of aromatic nitrogens is 1. The number of sulfone groups is 1. The summed E-state index contributed by atoms with van der Waals surface area (Å²) in [6.45, 7) is 7.66. The Bertz CT molecular complexity index is 1030. The van der Waals surface area contributed by atoms with E-state index in [2.05, 4.69) is 14.8 Å². The lowest BCUT2D eigenvalue weighted by molar-refractivity contribution is 0.0302. The summed E-state index contributed by atoms with van der Waals surface area (Å²) in [5.74, 6) is 0.187. The molecule has 8 nitrogen and oxygen atoms in total. The van der Waals surface area contributed by atoms with Crippen LogP contribution in [0.5, 0.6) is 0 Å². The van der Waals surface area contributed by atoms with E-state index in [4.69, 9.17) is 4.74 Å². The molecule has 0 N–H and O–H groups in total. The molecule has 34 heavy (non-hydrogen) atoms. The van der Waals surface area contributed by atoms with Crippen molar-refractivity contribution in [2.45, 2.75) is 17.7 Å². The molecule has 0 saturated carbocycles. The number of piperazine rings is 1. The third-order valence-electron chi connectivity index (χ3n) is 6.52. The minimum absolute atomic E-state index is 0.0306. The Labute approximate surface area is 202 Å². The standard InChI is InChI=1S/C25H34N4O4S/c30-25(29-13-16-33-17-14-29)23-19-22(20-26-21-23)5-4-8-27-9-11-28(12-10-27)15-18-34(31,32)24-6-2-1-3-7-24/h1-3,6-7,19-21H,4-5,8-18H2. The predicted molar refractivity (Wildman–Crippen MR) is 131 cm³/mol. The Hall–Kier alpha value is -2.33. The zero-order valence-corrected chi connectivity index (χ0v) is 20.5. The molecule has 0 atom stereocenters. The SMILES string of the molecule is O=C(c1cncc(CCCN2CCN(CCS(=O)(=O)c3ccccc3)CC2)c1)N1CCOCC1. The maximum Gasteiger partial charge on any atom is 0.255 e. The zero-order valence-electron chi connectivity index (χ0n) is 19.6. The quantitative estimate of drug-likeness (QED) is 0.532. The average molecular weight is 487 g/mol. The van der Waals surface area contributed by atoms with Crippen molar-refractivity contribution in [2.24, 2.45) is 0 Å². The van der Waals surface area contributed by atoms with Gasteiger partial charge in [0.2, 0.25) is 0 Å². The summed E-state index contributed by atoms with van der Waals surface area (Å²) in [6, 6.07) is 10.7. The molecule has 0 unspecified atom stereocenters. The van der Waals surface area contributed by atoms with Gasteiger partial charge < -0.3 is 14.5 Å². The van der Waals surface area contributed by atoms with Gasteiger partial charge in [-0.15, -0.1) is 0 Å². The third-order valence-corrected chi connectivity index (χ3v) is 8.23. The van der Waals surface area contributed by atoms with Gasteiger partial charge >= 0.3 is 0 Å². The van der Waals surface area contributed by atoms with Gasteiger partial charge in [-0.1, -0.05) is 18.2 Å². The largest absolute Gasteiger partial charge is 0.378 e. The zero-order chi connectivity index (χ0) is 23.8. The van der Waals surface area contributed by atoms with Crippen molar-refractivity contribution in [3.63, 3.8) is 0 Å². The highest BCUT2D eigenvalue weighted by molar-refractivity contribution is 7.91. The molecule has 184 valence electrons. The fraction of sp³-hybridized carbons (Fsp3) is 0.520. The van der Waals surface area contributed by atoms with E-state index in [1.165, 1.54) is 0 Å². The molecule has 4 rings (SSSR count). The first-order chi connectivity index (χ1) is 16.5. The first kappa shape index (κ1) is 24.8. The molecule has 0 radical (unpaired) electrons. The van der Waals surface area contributed by atoms with Gasteiger partial charge in [0.1, 0.15) is 0 Å². The summed E-state index contributed by atoms with van der Waals surface area (Å²) >= 11 is 0. The van der Waals surface area contributed by atoms with Crippen LogP contribution in [0.2, 0.25) is 0 Å². The second-order valence-corrected chi connectivity index (χ2v) is 11.0. The number of rotatable bonds is 9. The molecule has 9 heteroatoms. The van der Waals surface area contributed by atoms with Crippen molar-refractivity contribution in [1.29, 1.82) is 0 Å². The summed E-state index contributed by atoms with van der Waals surface area (Å²) in [4.78, 5) is 23.9. The van der Waals surface area contributed by atoms with E-state index >= 15 is 0 Å². The summed E-state index contributed by atoms with van der Waals surface area (Å²) in [5, 5.41) is 0. The molecule has 0 bridgehead atoms. The van der Waals surface area contributed by atoms with Crippen molar-refractivity contribution >= 4 is 15.7 Å². The lowest BCUT2D eigenvalue weighted by Crippen LogP contribution is -2.47. The van der Waals surface area contributed by atoms with Crippen LogP contribution in [0.25, 0.3) is 0 Å². The molecule has 1 amide bonds. The van der Waals surface area contributed by atoms with Crippen molar-refractivity contribution in [2.75, 3.05) is 71.3 Å². The molecule has 2 fully saturated rings. The molecule has 0 aliphatic carbocycles. The van der Waals surface area contributed by atoms with Crippen molar-refractivity contribution < 1.29 is 17.9 Å². The van der Waals surface area contributed by atoms with Gasteiger partial charge in [0.05, 0.1) is 29.4 Å². The number of hydrogen-bond donors (Lipinski definition) is 0. The molecule has 1 aromatic carbocycles. The summed E-state index contributed by atoms with van der Waals surface area (Å²) in [7, 11) is -3.23. The Morgan fingerprint density at radius 3 is 2.29 bits per heavy atom. The number of carbonyl (C=O) groups excluding carboxylic acids is 1. The van der Waals surface area contributed by atoms with Crippen molar-refractivity contribution in [3.05, 3.63) is 59.9 Å². The molecule has 2 saturated heterocycles. The highest BCUT2D eigenvalue weighted by Crippen LogP contribution is 2.13. The molecule has 2 aromatic rings. The fourth-order valence-electron chi connectivity index (χ4n) is 4.43. The van der Waals surface area contributed by atoms with Crippen LogP contribution in [0.1, 0.15) is 22.3 Å². The topological polar surface area (TPSA) is 83.1 Å². The number of amides is 1. The fourth-order valence-corrected chi connectivity index (χ4v) is 5.73. The van der Waals surface area contributed by atoms with E-state index in [9.17, 15) is 13.2 Å². The highest BCUT2D eigenvalue weighted by atomic mass is 32.2. The Morgan fingerprint density at radius 2 is 1.59 bits per heavy atom. The number of carbonyl (C=O) groups is 1. The Morgan fingerprint density at radius 1 is 0.912 bits per heavy atom. The van der Waals surface area contributed by atoms with Gasteiger partial charge in [-0.2, -0.15) is 0 Å². The lowest BCUT2D eigenvalue weighted by Gasteiger charge is -2.34. The predicted octanol–water partition coefficient (Wildman–Crippen LogP) is 1.58. The van der Waals surface area contributed by atoms with Gasteiger partial charge in [0, 0.05) is 58.2 Å². The van der Waals surface area contributed by atoms with Gasteiger partial charge in [-0.25, -0.2) is 8.42 Å². The van der Waals surface area contributed by atoms with E-state index in [-0.39, 0.29) is 11.7 Å². The van der Waals surface area contributed by atoms with Crippen molar-refractivity contribution in [3.8, 4) is 0 Å². The summed E-state index contributed by atoms with van der Waals surface area (Å²) in [6.07, 6.45) is 5.38. The first-order valence-corrected chi connectivity index (χ1v) is 13.7. The monoisotopic (exact) mass is 486 g/mol. The number of hydrogen-bond acceptors (Lipinski definition) is 7. The van der Waals surface area contributed by atoms with E-state index < -0.39 is 9.84 Å². The van der Waals surface area contributed by atoms with Crippen LogP contribution in [0, 0.1) is 0 Å². The highest BCUT2D eigenvalue weighted by Gasteiger charge is 2.21. The van der Waals surface area contributed by atoms with E-state index in [0.717, 1.165) is 51.1 Å². The Balaban J connectivity index is 1.17. The number of pyridine rings is 1. The van der Waals surface area contributed by atoms with Gasteiger partial charge in [0.25, 0.3) is 5.91 Å². The average Bonchev–Trinajstić information content (AvgIpc) is 2.89. The van der Waals surface area contributed by atoms with Crippen molar-refractivity contribution in [1.82, 2.24) is 19.7 Å². The second-order valence-electron chi connectivity index (χ2n) is 8.91. The maximum atomic E-state index is 12.7. The molecular formula is C25H34N4O4S. The Kier molecular flexibility index (Phi) is 8.66. The molecule has 2 aliphatic rings. The number of nitrogens with zero attached hydrogens (tertiary/aromatic N) is 4. The van der Waals surface area contributed by atoms with Crippen LogP contribution in [0.4, 0.5) is 0 Å². The van der Waals surface area contributed by atoms with Crippen LogP contribution in [-0.4, -0.2) is 105 Å². The van der Waals surface area contributed by atoms with Crippen LogP contribution in [0.3, 0.4) is 0 Å². The van der Waals surface area contributed by atoms with Crippen LogP contribution >= 0.6 is 0 Å². The van der Waals surface area contributed by atoms with Crippen LogP contribution in [-0.2, 0) is 21.0 Å². The van der Waals surface area contributed by atoms with E-state index in [1.807, 2.05) is 23.2 Å². The number of aryl methyl sites for hydroxylation is 1. The van der Waals surface area contributed by atoms with Gasteiger partial charge in [-0.05, 0) is 43.1 Å². The number of morpholine rings is 1. The minimum Gasteiger partial charge on any atom is -0.378 e. The molecule has 2 aliphatic heterocycles. The third kappa shape index (κ3) is 6.85. The van der Waals surface area contributed by atoms with Gasteiger partial charge in [-0.3, -0.25) is 14.7 Å². The molecular weight excluding hydrogens is 452 g/mol. The summed E-state index contributed by atoms with van der Waals surface area (Å²) in [5.41, 5.74) is 1.74. The number of benzene rings is 1. The lowest BCUT2D eigenvalue weighted by atomic mass is 10.1.